The van der Waals surface area contributed by atoms with E-state index < -0.39 is 0 Å². The van der Waals surface area contributed by atoms with Crippen LogP contribution in [0.4, 0.5) is 17.1 Å². The molecule has 0 amide bonds. The van der Waals surface area contributed by atoms with Gasteiger partial charge in [0.2, 0.25) is 0 Å². The second-order valence-corrected chi connectivity index (χ2v) is 14.2. The van der Waals surface area contributed by atoms with Crippen LogP contribution >= 0.6 is 34.0 Å². The Hall–Kier alpha value is -5.14. The monoisotopic (exact) mass is 643 g/mol. The zero-order chi connectivity index (χ0) is 30.5. The maximum Gasteiger partial charge on any atom is 0.124 e. The molecule has 218 valence electrons. The van der Waals surface area contributed by atoms with Gasteiger partial charge in [-0.25, -0.2) is 9.97 Å². The predicted molar refractivity (Wildman–Crippen MR) is 199 cm³/mol. The minimum atomic E-state index is 1.03. The lowest BCUT2D eigenvalue weighted by molar-refractivity contribution is 1.28. The van der Waals surface area contributed by atoms with Crippen LogP contribution in [-0.4, -0.2) is 9.97 Å². The van der Waals surface area contributed by atoms with Gasteiger partial charge in [-0.3, -0.25) is 0 Å². The molecule has 0 bridgehead atoms. The fraction of sp³-hybridized carbons (Fsp3) is 0. The number of hydrogen-bond acceptors (Lipinski definition) is 6. The topological polar surface area (TPSA) is 29.0 Å². The Morgan fingerprint density at radius 2 is 0.826 bits per heavy atom. The SMILES string of the molecule is c1ccc2sc(-c3ccc(N(c4ccc(-c5nc6ccccc6s5)cc4)c4ccc(-c5nc6ccccc6s5)cc4)cc3)cc2c1. The predicted octanol–water partition coefficient (Wildman–Crippen LogP) is 12.6. The second kappa shape index (κ2) is 11.3. The molecule has 46 heavy (non-hydrogen) atoms. The zero-order valence-electron chi connectivity index (χ0n) is 24.5. The zero-order valence-corrected chi connectivity index (χ0v) is 26.9. The number of thiazole rings is 2. The molecule has 0 saturated heterocycles. The number of rotatable bonds is 6. The number of anilines is 3. The Bertz CT molecular complexity index is 2090. The Morgan fingerprint density at radius 1 is 0.391 bits per heavy atom. The molecule has 0 radical (unpaired) electrons. The van der Waals surface area contributed by atoms with Gasteiger partial charge in [-0.15, -0.1) is 34.0 Å². The van der Waals surface area contributed by atoms with Gasteiger partial charge in [0.1, 0.15) is 10.0 Å². The summed E-state index contributed by atoms with van der Waals surface area (Å²) >= 11 is 5.30. The molecule has 6 aromatic carbocycles. The van der Waals surface area contributed by atoms with Crippen molar-refractivity contribution in [2.24, 2.45) is 0 Å². The molecule has 9 aromatic rings. The highest BCUT2D eigenvalue weighted by molar-refractivity contribution is 7.22. The first-order chi connectivity index (χ1) is 22.7. The van der Waals surface area contributed by atoms with Crippen molar-refractivity contribution in [1.29, 1.82) is 0 Å². The Balaban J connectivity index is 1.09. The van der Waals surface area contributed by atoms with Crippen molar-refractivity contribution in [3.05, 3.63) is 152 Å². The summed E-state index contributed by atoms with van der Waals surface area (Å²) in [5, 5.41) is 3.36. The van der Waals surface area contributed by atoms with E-state index in [9.17, 15) is 0 Å². The number of nitrogens with zero attached hydrogens (tertiary/aromatic N) is 3. The number of thiophene rings is 1. The summed E-state index contributed by atoms with van der Waals surface area (Å²) < 4.78 is 3.72. The molecule has 0 aliphatic carbocycles. The van der Waals surface area contributed by atoms with Gasteiger partial charge in [-0.05, 0) is 108 Å². The smallest absolute Gasteiger partial charge is 0.124 e. The summed E-state index contributed by atoms with van der Waals surface area (Å²) in [6.45, 7) is 0. The average molecular weight is 644 g/mol. The van der Waals surface area contributed by atoms with Crippen molar-refractivity contribution >= 4 is 81.6 Å². The van der Waals surface area contributed by atoms with Gasteiger partial charge in [0.25, 0.3) is 0 Å². The third-order valence-corrected chi connectivity index (χ3v) is 11.5. The van der Waals surface area contributed by atoms with Crippen LogP contribution in [0.5, 0.6) is 0 Å². The summed E-state index contributed by atoms with van der Waals surface area (Å²) in [6.07, 6.45) is 0. The molecule has 0 atom stereocenters. The molecule has 3 aromatic heterocycles. The van der Waals surface area contributed by atoms with E-state index in [-0.39, 0.29) is 0 Å². The molecule has 6 heteroatoms. The minimum Gasteiger partial charge on any atom is -0.311 e. The lowest BCUT2D eigenvalue weighted by Gasteiger charge is -2.26. The Kier molecular flexibility index (Phi) is 6.70. The van der Waals surface area contributed by atoms with Crippen LogP contribution in [0.3, 0.4) is 0 Å². The molecule has 0 fully saturated rings. The van der Waals surface area contributed by atoms with Gasteiger partial charge in [-0.2, -0.15) is 0 Å². The van der Waals surface area contributed by atoms with Crippen LogP contribution < -0.4 is 4.90 Å². The number of aromatic nitrogens is 2. The molecule has 3 heterocycles. The van der Waals surface area contributed by atoms with E-state index in [0.717, 1.165) is 49.2 Å². The first-order valence-corrected chi connectivity index (χ1v) is 17.5. The third-order valence-electron chi connectivity index (χ3n) is 8.17. The van der Waals surface area contributed by atoms with Crippen LogP contribution in [0.2, 0.25) is 0 Å². The lowest BCUT2D eigenvalue weighted by Crippen LogP contribution is -2.09. The van der Waals surface area contributed by atoms with Crippen molar-refractivity contribution in [2.45, 2.75) is 0 Å². The van der Waals surface area contributed by atoms with Gasteiger partial charge in [0, 0.05) is 37.8 Å². The van der Waals surface area contributed by atoms with Crippen molar-refractivity contribution < 1.29 is 0 Å². The Morgan fingerprint density at radius 3 is 1.30 bits per heavy atom. The van der Waals surface area contributed by atoms with Crippen molar-refractivity contribution in [3.8, 4) is 31.6 Å². The molecule has 0 spiro atoms. The van der Waals surface area contributed by atoms with E-state index in [4.69, 9.17) is 9.97 Å². The molecule has 0 N–H and O–H groups in total. The van der Waals surface area contributed by atoms with E-state index in [1.165, 1.54) is 29.9 Å². The van der Waals surface area contributed by atoms with Crippen molar-refractivity contribution in [3.63, 3.8) is 0 Å². The van der Waals surface area contributed by atoms with E-state index >= 15 is 0 Å². The van der Waals surface area contributed by atoms with E-state index in [0.29, 0.717) is 0 Å². The molecule has 0 saturated carbocycles. The first kappa shape index (κ1) is 27.2. The highest BCUT2D eigenvalue weighted by Gasteiger charge is 2.16. The maximum atomic E-state index is 4.88. The summed E-state index contributed by atoms with van der Waals surface area (Å²) in [4.78, 5) is 13.4. The van der Waals surface area contributed by atoms with Crippen LogP contribution in [0.1, 0.15) is 0 Å². The standard InChI is InChI=1S/C40H25N3S3/c1-4-10-35-29(7-1)25-38(44-35)26-13-19-30(20-14-26)43(31-21-15-27(16-22-31)39-41-33-8-2-5-11-36(33)45-39)32-23-17-28(18-24-32)40-42-34-9-3-6-12-37(34)46-40/h1-25H. The first-order valence-electron chi connectivity index (χ1n) is 15.1. The second-order valence-electron chi connectivity index (χ2n) is 11.1. The fourth-order valence-corrected chi connectivity index (χ4v) is 8.85. The number of fused-ring (bicyclic) bond motifs is 3. The van der Waals surface area contributed by atoms with Gasteiger partial charge in [0.05, 0.1) is 20.4 Å². The molecular weight excluding hydrogens is 619 g/mol. The lowest BCUT2D eigenvalue weighted by atomic mass is 10.1. The molecule has 0 aliphatic rings. The highest BCUT2D eigenvalue weighted by Crippen LogP contribution is 2.40. The summed E-state index contributed by atoms with van der Waals surface area (Å²) in [6, 6.07) is 53.9. The summed E-state index contributed by atoms with van der Waals surface area (Å²) in [7, 11) is 0. The normalized spacial score (nSPS) is 11.5. The van der Waals surface area contributed by atoms with Gasteiger partial charge < -0.3 is 4.90 Å². The van der Waals surface area contributed by atoms with Crippen molar-refractivity contribution in [2.75, 3.05) is 4.90 Å². The van der Waals surface area contributed by atoms with E-state index in [2.05, 4.69) is 144 Å². The summed E-state index contributed by atoms with van der Waals surface area (Å²) in [5.41, 5.74) is 8.83. The van der Waals surface area contributed by atoms with Crippen LogP contribution in [-0.2, 0) is 0 Å². The maximum absolute atomic E-state index is 4.88. The minimum absolute atomic E-state index is 1.03. The van der Waals surface area contributed by atoms with Crippen LogP contribution in [0.15, 0.2) is 152 Å². The summed E-state index contributed by atoms with van der Waals surface area (Å²) in [5.74, 6) is 0. The Labute approximate surface area is 278 Å². The van der Waals surface area contributed by atoms with Gasteiger partial charge in [-0.1, -0.05) is 54.6 Å². The van der Waals surface area contributed by atoms with E-state index in [1.54, 1.807) is 22.7 Å². The largest absolute Gasteiger partial charge is 0.311 e. The molecule has 3 nitrogen and oxygen atoms in total. The number of benzene rings is 6. The van der Waals surface area contributed by atoms with Crippen LogP contribution in [0.25, 0.3) is 62.1 Å². The average Bonchev–Trinajstić information content (AvgIpc) is 3.86. The van der Waals surface area contributed by atoms with E-state index in [1.807, 2.05) is 23.5 Å². The molecule has 0 aliphatic heterocycles. The van der Waals surface area contributed by atoms with Crippen LogP contribution in [0, 0.1) is 0 Å². The van der Waals surface area contributed by atoms with Gasteiger partial charge in [0.15, 0.2) is 0 Å². The molecule has 9 rings (SSSR count). The third kappa shape index (κ3) is 4.97. The van der Waals surface area contributed by atoms with Gasteiger partial charge >= 0.3 is 0 Å². The highest BCUT2D eigenvalue weighted by atomic mass is 32.1. The number of para-hydroxylation sites is 2. The molecular formula is C40H25N3S3. The molecule has 0 unspecified atom stereocenters. The van der Waals surface area contributed by atoms with Crippen molar-refractivity contribution in [1.82, 2.24) is 9.97 Å². The quantitative estimate of drug-likeness (QED) is 0.181. The fourth-order valence-electron chi connectivity index (χ4n) is 5.84. The number of hydrogen-bond donors (Lipinski definition) is 0.